The fourth-order valence-electron chi connectivity index (χ4n) is 3.99. The molecule has 0 saturated carbocycles. The van der Waals surface area contributed by atoms with E-state index in [1.807, 2.05) is 13.8 Å². The molecule has 7 nitrogen and oxygen atoms in total. The van der Waals surface area contributed by atoms with Crippen molar-refractivity contribution < 1.29 is 35.9 Å². The van der Waals surface area contributed by atoms with Crippen molar-refractivity contribution in [1.82, 2.24) is 20.0 Å². The molecule has 2 aliphatic heterocycles. The van der Waals surface area contributed by atoms with Crippen LogP contribution >= 0.6 is 0 Å². The smallest absolute Gasteiger partial charge is 0.338 e. The molecular formula is C21H27F6N5O2. The van der Waals surface area contributed by atoms with Crippen LogP contribution in [0.25, 0.3) is 0 Å². The van der Waals surface area contributed by atoms with E-state index < -0.39 is 35.2 Å². The third-order valence-electron chi connectivity index (χ3n) is 5.95. The molecule has 190 valence electrons. The van der Waals surface area contributed by atoms with Crippen LogP contribution in [-0.4, -0.2) is 84.5 Å². The molecule has 2 saturated heterocycles. The van der Waals surface area contributed by atoms with Gasteiger partial charge in [0.25, 0.3) is 0 Å². The maximum Gasteiger partial charge on any atom is 0.416 e. The minimum Gasteiger partial charge on any atom is -0.338 e. The molecule has 0 aliphatic carbocycles. The SMILES string of the molecule is CC(C)N1CCN[C@@H](C(=O)N2CCN(C(=O)Nc3cc(C(F)(F)F)cc(C(F)(F)F)c3)CC2)C1. The molecule has 2 heterocycles. The maximum absolute atomic E-state index is 13.0. The van der Waals surface area contributed by atoms with E-state index in [-0.39, 0.29) is 44.2 Å². The minimum atomic E-state index is -5.01. The number of benzene rings is 1. The second-order valence-corrected chi connectivity index (χ2v) is 8.63. The number of carbonyl (C=O) groups excluding carboxylic acids is 2. The van der Waals surface area contributed by atoms with Crippen LogP contribution in [0.2, 0.25) is 0 Å². The summed E-state index contributed by atoms with van der Waals surface area (Å²) >= 11 is 0. The Balaban J connectivity index is 1.61. The van der Waals surface area contributed by atoms with E-state index in [9.17, 15) is 35.9 Å². The fraction of sp³-hybridized carbons (Fsp3) is 0.619. The van der Waals surface area contributed by atoms with Gasteiger partial charge < -0.3 is 20.4 Å². The lowest BCUT2D eigenvalue weighted by atomic mass is 10.1. The van der Waals surface area contributed by atoms with Gasteiger partial charge in [-0.2, -0.15) is 26.3 Å². The third-order valence-corrected chi connectivity index (χ3v) is 5.95. The Morgan fingerprint density at radius 3 is 1.94 bits per heavy atom. The van der Waals surface area contributed by atoms with Crippen molar-refractivity contribution in [3.8, 4) is 0 Å². The number of hydrogen-bond donors (Lipinski definition) is 2. The summed E-state index contributed by atoms with van der Waals surface area (Å²) in [5.41, 5.74) is -3.63. The van der Waals surface area contributed by atoms with Gasteiger partial charge in [0.2, 0.25) is 5.91 Å². The predicted molar refractivity (Wildman–Crippen MR) is 112 cm³/mol. The minimum absolute atomic E-state index is 0.000246. The van der Waals surface area contributed by atoms with E-state index in [2.05, 4.69) is 15.5 Å². The van der Waals surface area contributed by atoms with E-state index >= 15 is 0 Å². The second-order valence-electron chi connectivity index (χ2n) is 8.63. The van der Waals surface area contributed by atoms with Crippen LogP contribution in [0.15, 0.2) is 18.2 Å². The number of rotatable bonds is 3. The average Bonchev–Trinajstić information content (AvgIpc) is 2.77. The molecule has 2 N–H and O–H groups in total. The van der Waals surface area contributed by atoms with Gasteiger partial charge in [0.15, 0.2) is 0 Å². The van der Waals surface area contributed by atoms with Crippen LogP contribution in [-0.2, 0) is 17.1 Å². The Morgan fingerprint density at radius 2 is 1.44 bits per heavy atom. The lowest BCUT2D eigenvalue weighted by Gasteiger charge is -2.40. The summed E-state index contributed by atoms with van der Waals surface area (Å²) in [5.74, 6) is -0.0990. The van der Waals surface area contributed by atoms with Gasteiger partial charge in [-0.3, -0.25) is 9.69 Å². The summed E-state index contributed by atoms with van der Waals surface area (Å²) < 4.78 is 78.2. The Bertz CT molecular complexity index is 864. The highest BCUT2D eigenvalue weighted by Gasteiger charge is 2.37. The lowest BCUT2D eigenvalue weighted by molar-refractivity contribution is -0.143. The highest BCUT2D eigenvalue weighted by Crippen LogP contribution is 2.37. The first-order chi connectivity index (χ1) is 15.8. The van der Waals surface area contributed by atoms with E-state index in [0.717, 1.165) is 6.54 Å². The average molecular weight is 495 g/mol. The predicted octanol–water partition coefficient (Wildman–Crippen LogP) is 3.08. The van der Waals surface area contributed by atoms with Gasteiger partial charge in [0, 0.05) is 57.5 Å². The topological polar surface area (TPSA) is 67.9 Å². The molecule has 1 atom stereocenters. The summed E-state index contributed by atoms with van der Waals surface area (Å²) in [4.78, 5) is 30.4. The summed E-state index contributed by atoms with van der Waals surface area (Å²) in [5, 5.41) is 5.32. The summed E-state index contributed by atoms with van der Waals surface area (Å²) in [6.07, 6.45) is -10.0. The number of anilines is 1. The van der Waals surface area contributed by atoms with Crippen molar-refractivity contribution in [2.45, 2.75) is 38.3 Å². The molecule has 2 fully saturated rings. The third kappa shape index (κ3) is 6.32. The van der Waals surface area contributed by atoms with E-state index in [1.165, 1.54) is 4.90 Å². The largest absolute Gasteiger partial charge is 0.416 e. The molecule has 2 aliphatic rings. The lowest BCUT2D eigenvalue weighted by Crippen LogP contribution is -2.61. The van der Waals surface area contributed by atoms with Crippen molar-refractivity contribution in [2.24, 2.45) is 0 Å². The molecule has 1 aromatic carbocycles. The first-order valence-corrected chi connectivity index (χ1v) is 10.9. The van der Waals surface area contributed by atoms with Gasteiger partial charge in [-0.15, -0.1) is 0 Å². The van der Waals surface area contributed by atoms with Crippen molar-refractivity contribution in [2.75, 3.05) is 51.1 Å². The van der Waals surface area contributed by atoms with Gasteiger partial charge in [0.05, 0.1) is 17.2 Å². The van der Waals surface area contributed by atoms with Crippen LogP contribution < -0.4 is 10.6 Å². The Kier molecular flexibility index (Phi) is 7.65. The van der Waals surface area contributed by atoms with Crippen molar-refractivity contribution in [1.29, 1.82) is 0 Å². The van der Waals surface area contributed by atoms with Crippen LogP contribution in [0, 0.1) is 0 Å². The van der Waals surface area contributed by atoms with Crippen molar-refractivity contribution in [3.05, 3.63) is 29.3 Å². The molecule has 0 bridgehead atoms. The molecular weight excluding hydrogens is 468 g/mol. The number of carbonyl (C=O) groups is 2. The molecule has 13 heteroatoms. The van der Waals surface area contributed by atoms with Gasteiger partial charge in [-0.05, 0) is 32.0 Å². The summed E-state index contributed by atoms with van der Waals surface area (Å²) in [7, 11) is 0. The van der Waals surface area contributed by atoms with Crippen LogP contribution in [0.3, 0.4) is 0 Å². The molecule has 3 amide bonds. The number of piperazine rings is 2. The number of nitrogens with one attached hydrogen (secondary N) is 2. The molecule has 3 rings (SSSR count). The molecule has 0 radical (unpaired) electrons. The van der Waals surface area contributed by atoms with E-state index in [4.69, 9.17) is 0 Å². The number of urea groups is 1. The molecule has 0 aromatic heterocycles. The quantitative estimate of drug-likeness (QED) is 0.633. The maximum atomic E-state index is 13.0. The number of alkyl halides is 6. The zero-order valence-electron chi connectivity index (χ0n) is 18.8. The Hall–Kier alpha value is -2.54. The first-order valence-electron chi connectivity index (χ1n) is 10.9. The molecule has 34 heavy (non-hydrogen) atoms. The molecule has 0 spiro atoms. The van der Waals surface area contributed by atoms with E-state index in [1.54, 1.807) is 4.90 Å². The van der Waals surface area contributed by atoms with Crippen LogP contribution in [0.1, 0.15) is 25.0 Å². The standard InChI is InChI=1S/C21H27F6N5O2/c1-13(2)32-4-3-28-17(12-32)18(33)30-5-7-31(8-6-30)19(34)29-16-10-14(20(22,23)24)9-15(11-16)21(25,26)27/h9-11,13,17,28H,3-8,12H2,1-2H3,(H,29,34)/t17-/m1/s1. The number of nitrogens with zero attached hydrogens (tertiary/aromatic N) is 3. The Morgan fingerprint density at radius 1 is 0.912 bits per heavy atom. The first kappa shape index (κ1) is 26.1. The normalized spacial score (nSPS) is 20.6. The van der Waals surface area contributed by atoms with Gasteiger partial charge in [-0.25, -0.2) is 4.79 Å². The highest BCUT2D eigenvalue weighted by atomic mass is 19.4. The summed E-state index contributed by atoms with van der Waals surface area (Å²) in [6.45, 7) is 6.79. The van der Waals surface area contributed by atoms with Crippen molar-refractivity contribution in [3.63, 3.8) is 0 Å². The second kappa shape index (κ2) is 9.98. The number of hydrogen-bond acceptors (Lipinski definition) is 4. The van der Waals surface area contributed by atoms with Gasteiger partial charge >= 0.3 is 18.4 Å². The number of halogens is 6. The fourth-order valence-corrected chi connectivity index (χ4v) is 3.99. The zero-order chi connectivity index (χ0) is 25.3. The zero-order valence-corrected chi connectivity index (χ0v) is 18.8. The Labute approximate surface area is 193 Å². The number of amides is 3. The van der Waals surface area contributed by atoms with Gasteiger partial charge in [-0.1, -0.05) is 0 Å². The van der Waals surface area contributed by atoms with Gasteiger partial charge in [0.1, 0.15) is 0 Å². The highest BCUT2D eigenvalue weighted by molar-refractivity contribution is 5.90. The van der Waals surface area contributed by atoms with E-state index in [0.29, 0.717) is 31.3 Å². The molecule has 0 unspecified atom stereocenters. The summed E-state index contributed by atoms with van der Waals surface area (Å²) in [6, 6.07) is 0.0136. The van der Waals surface area contributed by atoms with Crippen LogP contribution in [0.5, 0.6) is 0 Å². The monoisotopic (exact) mass is 495 g/mol. The van der Waals surface area contributed by atoms with Crippen LogP contribution in [0.4, 0.5) is 36.8 Å². The van der Waals surface area contributed by atoms with Crippen molar-refractivity contribution >= 4 is 17.6 Å². The molecule has 1 aromatic rings.